The van der Waals surface area contributed by atoms with E-state index in [2.05, 4.69) is 15.2 Å². The highest BCUT2D eigenvalue weighted by molar-refractivity contribution is 5.20. The van der Waals surface area contributed by atoms with Gasteiger partial charge in [0, 0.05) is 12.5 Å². The van der Waals surface area contributed by atoms with Gasteiger partial charge in [-0.25, -0.2) is 18.7 Å². The smallest absolute Gasteiger partial charge is 0.293 e. The largest absolute Gasteiger partial charge is 0.340 e. The molecule has 2 N–H and O–H groups in total. The van der Waals surface area contributed by atoms with Crippen LogP contribution in [-0.4, -0.2) is 15.2 Å². The van der Waals surface area contributed by atoms with E-state index in [0.29, 0.717) is 11.4 Å². The zero-order valence-corrected chi connectivity index (χ0v) is 7.55. The molecule has 0 spiro atoms. The van der Waals surface area contributed by atoms with Gasteiger partial charge in [-0.3, -0.25) is 4.98 Å². The van der Waals surface area contributed by atoms with Crippen molar-refractivity contribution in [3.05, 3.63) is 51.7 Å². The molecule has 0 fully saturated rings. The highest BCUT2D eigenvalue weighted by atomic mass is 19.1. The van der Waals surface area contributed by atoms with Crippen molar-refractivity contribution < 1.29 is 8.78 Å². The van der Waals surface area contributed by atoms with Gasteiger partial charge in [-0.05, 0) is 17.7 Å². The van der Waals surface area contributed by atoms with Gasteiger partial charge in [0.05, 0.1) is 0 Å². The Balaban J connectivity index is 2.27. The van der Waals surface area contributed by atoms with Crippen LogP contribution in [-0.2, 0) is 6.42 Å². The minimum absolute atomic E-state index is 0.174. The normalized spacial score (nSPS) is 10.5. The van der Waals surface area contributed by atoms with Crippen LogP contribution in [0.5, 0.6) is 0 Å². The number of nitrogens with zero attached hydrogens (tertiary/aromatic N) is 1. The Morgan fingerprint density at radius 3 is 2.40 bits per heavy atom. The highest BCUT2D eigenvalue weighted by Crippen LogP contribution is 2.10. The first-order valence-electron chi connectivity index (χ1n) is 4.22. The average Bonchev–Trinajstić information content (AvgIpc) is 2.49. The second-order valence-corrected chi connectivity index (χ2v) is 3.08. The maximum absolute atomic E-state index is 12.8. The quantitative estimate of drug-likeness (QED) is 0.777. The van der Waals surface area contributed by atoms with Gasteiger partial charge in [0.15, 0.2) is 0 Å². The van der Waals surface area contributed by atoms with Gasteiger partial charge in [0.1, 0.15) is 17.5 Å². The second-order valence-electron chi connectivity index (χ2n) is 3.08. The van der Waals surface area contributed by atoms with Gasteiger partial charge in [0.25, 0.3) is 0 Å². The summed E-state index contributed by atoms with van der Waals surface area (Å²) in [6.07, 6.45) is 0.174. The Bertz CT molecular complexity index is 512. The fourth-order valence-electron chi connectivity index (χ4n) is 1.30. The number of hydrogen-bond donors (Lipinski definition) is 2. The first kappa shape index (κ1) is 9.57. The Labute approximate surface area is 83.0 Å². The third-order valence-electron chi connectivity index (χ3n) is 1.84. The molecule has 15 heavy (non-hydrogen) atoms. The third-order valence-corrected chi connectivity index (χ3v) is 1.84. The summed E-state index contributed by atoms with van der Waals surface area (Å²) in [5.41, 5.74) is -0.0304. The summed E-state index contributed by atoms with van der Waals surface area (Å²) in [5, 5.41) is 5.80. The summed E-state index contributed by atoms with van der Waals surface area (Å²) >= 11 is 0. The van der Waals surface area contributed by atoms with E-state index < -0.39 is 17.3 Å². The fraction of sp³-hybridized carbons (Fsp3) is 0.111. The van der Waals surface area contributed by atoms with Gasteiger partial charge >= 0.3 is 5.69 Å². The van der Waals surface area contributed by atoms with Crippen LogP contribution in [0.25, 0.3) is 0 Å². The molecule has 0 atom stereocenters. The van der Waals surface area contributed by atoms with E-state index >= 15 is 0 Å². The number of H-pyrrole nitrogens is 2. The summed E-state index contributed by atoms with van der Waals surface area (Å²) in [6, 6.07) is 3.17. The predicted octanol–water partition coefficient (Wildman–Crippen LogP) is 0.967. The molecular weight excluding hydrogens is 204 g/mol. The van der Waals surface area contributed by atoms with Gasteiger partial charge in [0.2, 0.25) is 0 Å². The first-order chi connectivity index (χ1) is 7.13. The van der Waals surface area contributed by atoms with E-state index in [1.807, 2.05) is 0 Å². The SMILES string of the molecule is O=c1[nH]nc(Cc2cc(F)cc(F)c2)[nH]1. The lowest BCUT2D eigenvalue weighted by Crippen LogP contribution is -2.01. The molecule has 1 aromatic heterocycles. The van der Waals surface area contributed by atoms with Gasteiger partial charge < -0.3 is 0 Å². The molecule has 0 radical (unpaired) electrons. The molecule has 1 heterocycles. The Hall–Kier alpha value is -1.98. The standard InChI is InChI=1S/C9H7F2N3O/c10-6-1-5(2-7(11)4-6)3-8-12-9(15)14-13-8/h1-2,4H,3H2,(H2,12,13,14,15). The highest BCUT2D eigenvalue weighted by Gasteiger charge is 2.04. The first-order valence-corrected chi connectivity index (χ1v) is 4.22. The van der Waals surface area contributed by atoms with Gasteiger partial charge in [-0.2, -0.15) is 5.10 Å². The summed E-state index contributed by atoms with van der Waals surface area (Å²) < 4.78 is 25.6. The Morgan fingerprint density at radius 2 is 1.87 bits per heavy atom. The minimum Gasteiger partial charge on any atom is -0.293 e. The lowest BCUT2D eigenvalue weighted by molar-refractivity contribution is 0.580. The van der Waals surface area contributed by atoms with Gasteiger partial charge in [-0.15, -0.1) is 0 Å². The maximum atomic E-state index is 12.8. The molecule has 0 aliphatic rings. The number of halogens is 2. The molecule has 0 aliphatic carbocycles. The topological polar surface area (TPSA) is 61.5 Å². The third kappa shape index (κ3) is 2.28. The molecule has 0 saturated heterocycles. The van der Waals surface area contributed by atoms with Crippen molar-refractivity contribution in [2.45, 2.75) is 6.42 Å². The lowest BCUT2D eigenvalue weighted by atomic mass is 10.1. The van der Waals surface area contributed by atoms with Gasteiger partial charge in [-0.1, -0.05) is 0 Å². The number of aromatic amines is 2. The molecule has 0 saturated carbocycles. The summed E-state index contributed by atoms with van der Waals surface area (Å²) in [5.74, 6) is -0.962. The molecule has 78 valence electrons. The van der Waals surface area contributed by atoms with Crippen molar-refractivity contribution in [1.82, 2.24) is 15.2 Å². The fourth-order valence-corrected chi connectivity index (χ4v) is 1.30. The van der Waals surface area contributed by atoms with Crippen LogP contribution in [0, 0.1) is 11.6 Å². The summed E-state index contributed by atoms with van der Waals surface area (Å²) in [4.78, 5) is 13.1. The van der Waals surface area contributed by atoms with Crippen molar-refractivity contribution in [1.29, 1.82) is 0 Å². The zero-order valence-electron chi connectivity index (χ0n) is 7.55. The van der Waals surface area contributed by atoms with Crippen LogP contribution in [0.1, 0.15) is 11.4 Å². The van der Waals surface area contributed by atoms with Crippen LogP contribution >= 0.6 is 0 Å². The van der Waals surface area contributed by atoms with Crippen molar-refractivity contribution >= 4 is 0 Å². The maximum Gasteiger partial charge on any atom is 0.340 e. The molecule has 2 aromatic rings. The van der Waals surface area contributed by atoms with Crippen molar-refractivity contribution in [2.24, 2.45) is 0 Å². The molecule has 0 unspecified atom stereocenters. The molecular formula is C9H7F2N3O. The van der Waals surface area contributed by atoms with E-state index in [-0.39, 0.29) is 6.42 Å². The summed E-state index contributed by atoms with van der Waals surface area (Å²) in [6.45, 7) is 0. The number of aromatic nitrogens is 3. The average molecular weight is 211 g/mol. The zero-order chi connectivity index (χ0) is 10.8. The summed E-state index contributed by atoms with van der Waals surface area (Å²) in [7, 11) is 0. The number of hydrogen-bond acceptors (Lipinski definition) is 2. The minimum atomic E-state index is -0.650. The lowest BCUT2D eigenvalue weighted by Gasteiger charge is -1.98. The van der Waals surface area contributed by atoms with E-state index in [0.717, 1.165) is 6.07 Å². The molecule has 0 bridgehead atoms. The van der Waals surface area contributed by atoms with Crippen LogP contribution in [0.2, 0.25) is 0 Å². The monoisotopic (exact) mass is 211 g/mol. The van der Waals surface area contributed by atoms with E-state index in [9.17, 15) is 13.6 Å². The number of nitrogens with one attached hydrogen (secondary N) is 2. The molecule has 4 nitrogen and oxygen atoms in total. The van der Waals surface area contributed by atoms with E-state index in [4.69, 9.17) is 0 Å². The van der Waals surface area contributed by atoms with E-state index in [1.54, 1.807) is 0 Å². The van der Waals surface area contributed by atoms with Crippen LogP contribution in [0.15, 0.2) is 23.0 Å². The number of rotatable bonds is 2. The molecule has 0 aliphatic heterocycles. The molecule has 6 heteroatoms. The second kappa shape index (κ2) is 3.64. The van der Waals surface area contributed by atoms with Crippen LogP contribution in [0.3, 0.4) is 0 Å². The van der Waals surface area contributed by atoms with Crippen molar-refractivity contribution in [3.8, 4) is 0 Å². The van der Waals surface area contributed by atoms with E-state index in [1.165, 1.54) is 12.1 Å². The van der Waals surface area contributed by atoms with Crippen molar-refractivity contribution in [3.63, 3.8) is 0 Å². The molecule has 1 aromatic carbocycles. The predicted molar refractivity (Wildman–Crippen MR) is 48.4 cm³/mol. The Kier molecular flexibility index (Phi) is 2.32. The van der Waals surface area contributed by atoms with Crippen LogP contribution in [0.4, 0.5) is 8.78 Å². The molecule has 2 rings (SSSR count). The molecule has 0 amide bonds. The van der Waals surface area contributed by atoms with Crippen molar-refractivity contribution in [2.75, 3.05) is 0 Å². The number of benzene rings is 1. The Morgan fingerprint density at radius 1 is 1.20 bits per heavy atom. The van der Waals surface area contributed by atoms with Crippen LogP contribution < -0.4 is 5.69 Å².